The normalized spacial score (nSPS) is 10.2. The van der Waals surface area contributed by atoms with Crippen LogP contribution in [-0.2, 0) is 6.42 Å². The Hall–Kier alpha value is -2.36. The van der Waals surface area contributed by atoms with Gasteiger partial charge in [0.15, 0.2) is 0 Å². The molecule has 3 N–H and O–H groups in total. The summed E-state index contributed by atoms with van der Waals surface area (Å²) >= 11 is 0. The Balaban J connectivity index is 2.26. The van der Waals surface area contributed by atoms with Crippen molar-refractivity contribution in [3.8, 4) is 0 Å². The zero-order valence-electron chi connectivity index (χ0n) is 10.6. The number of carbonyl (C=O) groups is 1. The molecule has 2 aromatic rings. The number of benzene rings is 2. The number of nitrogens with one attached hydrogen (secondary N) is 1. The van der Waals surface area contributed by atoms with Crippen LogP contribution in [0.1, 0.15) is 22.8 Å². The Bertz CT molecular complexity index is 591. The molecule has 0 heterocycles. The topological polar surface area (TPSA) is 55.1 Å². The first-order valence-corrected chi connectivity index (χ1v) is 6.06. The van der Waals surface area contributed by atoms with Crippen LogP contribution in [0.15, 0.2) is 42.5 Å². The van der Waals surface area contributed by atoms with Crippen LogP contribution in [0.3, 0.4) is 0 Å². The summed E-state index contributed by atoms with van der Waals surface area (Å²) in [5.74, 6) is -1.16. The first kappa shape index (κ1) is 13.1. The molecule has 0 radical (unpaired) electrons. The van der Waals surface area contributed by atoms with Gasteiger partial charge in [0.25, 0.3) is 5.91 Å². The average molecular weight is 258 g/mol. The number of nitrogens with two attached hydrogens (primary N) is 1. The van der Waals surface area contributed by atoms with Crippen LogP contribution in [0.2, 0.25) is 0 Å². The second-order valence-corrected chi connectivity index (χ2v) is 4.21. The number of carbonyl (C=O) groups excluding carboxylic acids is 1. The van der Waals surface area contributed by atoms with E-state index in [9.17, 15) is 9.18 Å². The smallest absolute Gasteiger partial charge is 0.260 e. The first-order chi connectivity index (χ1) is 9.11. The maximum Gasteiger partial charge on any atom is 0.260 e. The molecule has 2 rings (SSSR count). The highest BCUT2D eigenvalue weighted by molar-refractivity contribution is 6.07. The lowest BCUT2D eigenvalue weighted by Gasteiger charge is -2.09. The molecule has 0 aliphatic carbocycles. The van der Waals surface area contributed by atoms with E-state index in [1.165, 1.54) is 18.2 Å². The number of aryl methyl sites for hydroxylation is 1. The predicted octanol–water partition coefficient (Wildman–Crippen LogP) is 3.22. The van der Waals surface area contributed by atoms with Crippen molar-refractivity contribution in [2.45, 2.75) is 13.3 Å². The maximum absolute atomic E-state index is 13.6. The van der Waals surface area contributed by atoms with E-state index in [1.54, 1.807) is 6.07 Å². The van der Waals surface area contributed by atoms with Gasteiger partial charge in [-0.05, 0) is 36.2 Å². The number of rotatable bonds is 3. The molecule has 0 unspecified atom stereocenters. The number of nitrogen functional groups attached to an aromatic ring is 1. The van der Waals surface area contributed by atoms with Crippen molar-refractivity contribution < 1.29 is 9.18 Å². The van der Waals surface area contributed by atoms with E-state index in [4.69, 9.17) is 5.73 Å². The van der Waals surface area contributed by atoms with E-state index in [0.717, 1.165) is 12.0 Å². The van der Waals surface area contributed by atoms with E-state index in [2.05, 4.69) is 5.32 Å². The van der Waals surface area contributed by atoms with Crippen LogP contribution in [0.5, 0.6) is 0 Å². The maximum atomic E-state index is 13.6. The fourth-order valence-electron chi connectivity index (χ4n) is 1.84. The molecule has 2 aromatic carbocycles. The largest absolute Gasteiger partial charge is 0.398 e. The lowest BCUT2D eigenvalue weighted by atomic mass is 10.1. The fraction of sp³-hybridized carbons (Fsp3) is 0.133. The molecule has 0 aromatic heterocycles. The fourth-order valence-corrected chi connectivity index (χ4v) is 1.84. The number of halogens is 1. The van der Waals surface area contributed by atoms with Crippen LogP contribution in [-0.4, -0.2) is 5.91 Å². The Kier molecular flexibility index (Phi) is 3.80. The van der Waals surface area contributed by atoms with E-state index in [0.29, 0.717) is 5.69 Å². The van der Waals surface area contributed by atoms with Gasteiger partial charge in [0.2, 0.25) is 0 Å². The Morgan fingerprint density at radius 1 is 1.26 bits per heavy atom. The highest BCUT2D eigenvalue weighted by Crippen LogP contribution is 2.18. The summed E-state index contributed by atoms with van der Waals surface area (Å²) in [5, 5.41) is 2.66. The standard InChI is InChI=1S/C15H15FN2O/c1-2-10-5-3-6-11(9-10)18-15(19)14-12(16)7-4-8-13(14)17/h3-9H,2,17H2,1H3,(H,18,19). The van der Waals surface area contributed by atoms with E-state index in [1.807, 2.05) is 25.1 Å². The van der Waals surface area contributed by atoms with Gasteiger partial charge in [0.1, 0.15) is 5.82 Å². The number of hydrogen-bond donors (Lipinski definition) is 2. The molecule has 0 fully saturated rings. The van der Waals surface area contributed by atoms with Gasteiger partial charge >= 0.3 is 0 Å². The van der Waals surface area contributed by atoms with Gasteiger partial charge in [-0.1, -0.05) is 25.1 Å². The van der Waals surface area contributed by atoms with Crippen molar-refractivity contribution in [3.63, 3.8) is 0 Å². The SMILES string of the molecule is CCc1cccc(NC(=O)c2c(N)cccc2F)c1. The van der Waals surface area contributed by atoms with Crippen LogP contribution in [0, 0.1) is 5.82 Å². The minimum atomic E-state index is -0.621. The molecule has 3 nitrogen and oxygen atoms in total. The molecule has 98 valence electrons. The molecule has 0 atom stereocenters. The third-order valence-electron chi connectivity index (χ3n) is 2.87. The van der Waals surface area contributed by atoms with Gasteiger partial charge in [0, 0.05) is 11.4 Å². The number of anilines is 2. The number of amides is 1. The van der Waals surface area contributed by atoms with Crippen LogP contribution >= 0.6 is 0 Å². The van der Waals surface area contributed by atoms with Crippen LogP contribution in [0.4, 0.5) is 15.8 Å². The van der Waals surface area contributed by atoms with Crippen molar-refractivity contribution in [2.24, 2.45) is 0 Å². The van der Waals surface area contributed by atoms with Gasteiger partial charge in [-0.15, -0.1) is 0 Å². The van der Waals surface area contributed by atoms with Crippen molar-refractivity contribution in [2.75, 3.05) is 11.1 Å². The Morgan fingerprint density at radius 2 is 2.00 bits per heavy atom. The third kappa shape index (κ3) is 2.91. The van der Waals surface area contributed by atoms with Gasteiger partial charge in [-0.2, -0.15) is 0 Å². The van der Waals surface area contributed by atoms with Crippen LogP contribution < -0.4 is 11.1 Å². The zero-order valence-corrected chi connectivity index (χ0v) is 10.6. The Labute approximate surface area is 111 Å². The Morgan fingerprint density at radius 3 is 2.68 bits per heavy atom. The molecule has 0 aliphatic rings. The molecular formula is C15H15FN2O. The summed E-state index contributed by atoms with van der Waals surface area (Å²) in [4.78, 5) is 12.0. The summed E-state index contributed by atoms with van der Waals surface area (Å²) in [5.41, 5.74) is 7.37. The zero-order chi connectivity index (χ0) is 13.8. The first-order valence-electron chi connectivity index (χ1n) is 6.06. The molecule has 0 bridgehead atoms. The minimum Gasteiger partial charge on any atom is -0.398 e. The molecule has 0 spiro atoms. The van der Waals surface area contributed by atoms with Gasteiger partial charge in [-0.3, -0.25) is 4.79 Å². The summed E-state index contributed by atoms with van der Waals surface area (Å²) in [6, 6.07) is 11.6. The summed E-state index contributed by atoms with van der Waals surface area (Å²) in [6.07, 6.45) is 0.867. The van der Waals surface area contributed by atoms with Crippen molar-refractivity contribution >= 4 is 17.3 Å². The molecule has 19 heavy (non-hydrogen) atoms. The number of hydrogen-bond acceptors (Lipinski definition) is 2. The monoisotopic (exact) mass is 258 g/mol. The molecule has 4 heteroatoms. The summed E-state index contributed by atoms with van der Waals surface area (Å²) in [6.45, 7) is 2.02. The van der Waals surface area contributed by atoms with Gasteiger partial charge in [0.05, 0.1) is 5.56 Å². The van der Waals surface area contributed by atoms with E-state index in [-0.39, 0.29) is 11.3 Å². The molecular weight excluding hydrogens is 243 g/mol. The molecule has 0 saturated carbocycles. The summed E-state index contributed by atoms with van der Waals surface area (Å²) < 4.78 is 13.6. The molecule has 1 amide bonds. The van der Waals surface area contributed by atoms with Crippen molar-refractivity contribution in [3.05, 3.63) is 59.4 Å². The molecule has 0 aliphatic heterocycles. The third-order valence-corrected chi connectivity index (χ3v) is 2.87. The lowest BCUT2D eigenvalue weighted by Crippen LogP contribution is -2.16. The lowest BCUT2D eigenvalue weighted by molar-refractivity contribution is 0.102. The predicted molar refractivity (Wildman–Crippen MR) is 74.6 cm³/mol. The quantitative estimate of drug-likeness (QED) is 0.830. The second-order valence-electron chi connectivity index (χ2n) is 4.21. The van der Waals surface area contributed by atoms with Crippen molar-refractivity contribution in [1.29, 1.82) is 0 Å². The molecule has 0 saturated heterocycles. The van der Waals surface area contributed by atoms with Crippen LogP contribution in [0.25, 0.3) is 0 Å². The van der Waals surface area contributed by atoms with E-state index >= 15 is 0 Å². The van der Waals surface area contributed by atoms with Gasteiger partial charge < -0.3 is 11.1 Å². The second kappa shape index (κ2) is 5.52. The highest BCUT2D eigenvalue weighted by Gasteiger charge is 2.15. The minimum absolute atomic E-state index is 0.121. The average Bonchev–Trinajstić information content (AvgIpc) is 2.38. The van der Waals surface area contributed by atoms with Crippen molar-refractivity contribution in [1.82, 2.24) is 0 Å². The van der Waals surface area contributed by atoms with E-state index < -0.39 is 11.7 Å². The highest BCUT2D eigenvalue weighted by atomic mass is 19.1. The summed E-state index contributed by atoms with van der Waals surface area (Å²) in [7, 11) is 0. The van der Waals surface area contributed by atoms with Gasteiger partial charge in [-0.25, -0.2) is 4.39 Å².